The van der Waals surface area contributed by atoms with Crippen molar-refractivity contribution in [3.8, 4) is 11.8 Å². The van der Waals surface area contributed by atoms with Crippen LogP contribution in [0.5, 0.6) is 0 Å². The Morgan fingerprint density at radius 3 is 2.80 bits per heavy atom. The third kappa shape index (κ3) is 3.60. The van der Waals surface area contributed by atoms with E-state index < -0.39 is 11.9 Å². The molecule has 1 rings (SSSR count). The first kappa shape index (κ1) is 11.5. The van der Waals surface area contributed by atoms with Gasteiger partial charge in [0.15, 0.2) is 0 Å². The van der Waals surface area contributed by atoms with E-state index in [2.05, 4.69) is 22.1 Å². The molecule has 0 aliphatic rings. The summed E-state index contributed by atoms with van der Waals surface area (Å²) >= 11 is 0. The summed E-state index contributed by atoms with van der Waals surface area (Å²) in [6.07, 6.45) is -3.31. The van der Waals surface area contributed by atoms with Gasteiger partial charge < -0.3 is 5.32 Å². The van der Waals surface area contributed by atoms with Crippen LogP contribution < -0.4 is 5.32 Å². The second-order valence-corrected chi connectivity index (χ2v) is 2.76. The first-order chi connectivity index (χ1) is 7.04. The van der Waals surface area contributed by atoms with Gasteiger partial charge in [-0.3, -0.25) is 4.98 Å². The molecule has 0 aromatic carbocycles. The third-order valence-corrected chi connectivity index (χ3v) is 1.55. The van der Waals surface area contributed by atoms with E-state index in [1.807, 2.05) is 0 Å². The smallest absolute Gasteiger partial charge is 0.309 e. The van der Waals surface area contributed by atoms with Gasteiger partial charge in [0.1, 0.15) is 5.69 Å². The minimum atomic E-state index is -4.42. The molecule has 0 unspecified atom stereocenters. The summed E-state index contributed by atoms with van der Waals surface area (Å²) in [5.74, 6) is 5.28. The molecular weight excluding hydrogens is 205 g/mol. The van der Waals surface area contributed by atoms with E-state index in [-0.39, 0.29) is 0 Å². The molecule has 0 aliphatic heterocycles. The number of pyridine rings is 1. The zero-order valence-electron chi connectivity index (χ0n) is 8.02. The van der Waals surface area contributed by atoms with Gasteiger partial charge in [0.05, 0.1) is 6.54 Å². The molecule has 2 nitrogen and oxygen atoms in total. The quantitative estimate of drug-likeness (QED) is 0.719. The first-order valence-electron chi connectivity index (χ1n) is 4.21. The van der Waals surface area contributed by atoms with E-state index in [4.69, 9.17) is 0 Å². The molecule has 1 N–H and O–H groups in total. The van der Waals surface area contributed by atoms with Crippen molar-refractivity contribution in [1.29, 1.82) is 0 Å². The van der Waals surface area contributed by atoms with Gasteiger partial charge in [-0.05, 0) is 19.2 Å². The summed E-state index contributed by atoms with van der Waals surface area (Å²) in [4.78, 5) is 3.23. The van der Waals surface area contributed by atoms with Crippen LogP contribution in [-0.2, 0) is 6.18 Å². The highest BCUT2D eigenvalue weighted by Crippen LogP contribution is 2.27. The molecule has 0 aliphatic carbocycles. The summed E-state index contributed by atoms with van der Waals surface area (Å²) in [6.45, 7) is 0.434. The number of halogens is 3. The summed E-state index contributed by atoms with van der Waals surface area (Å²) < 4.78 is 36.7. The van der Waals surface area contributed by atoms with Crippen molar-refractivity contribution >= 4 is 0 Å². The van der Waals surface area contributed by atoms with Crippen LogP contribution in [0, 0.1) is 11.8 Å². The standard InChI is InChI=1S/C10H9F3N2/c1-14-5-2-3-8-4-6-15-9(7-8)10(11,12)13/h4,6-7,14H,5H2,1H3. The maximum Gasteiger partial charge on any atom is 0.433 e. The number of nitrogens with zero attached hydrogens (tertiary/aromatic N) is 1. The fraction of sp³-hybridized carbons (Fsp3) is 0.300. The summed E-state index contributed by atoms with van der Waals surface area (Å²) in [7, 11) is 1.71. The monoisotopic (exact) mass is 214 g/mol. The van der Waals surface area contributed by atoms with Crippen molar-refractivity contribution in [2.75, 3.05) is 13.6 Å². The Morgan fingerprint density at radius 1 is 1.47 bits per heavy atom. The minimum absolute atomic E-state index is 0.313. The maximum atomic E-state index is 12.2. The average molecular weight is 214 g/mol. The summed E-state index contributed by atoms with van der Waals surface area (Å²) in [5.41, 5.74) is -0.605. The van der Waals surface area contributed by atoms with Gasteiger partial charge in [-0.2, -0.15) is 13.2 Å². The Morgan fingerprint density at radius 2 is 2.20 bits per heavy atom. The summed E-state index contributed by atoms with van der Waals surface area (Å²) in [5, 5.41) is 2.77. The van der Waals surface area contributed by atoms with E-state index in [1.165, 1.54) is 6.07 Å². The predicted octanol–water partition coefficient (Wildman–Crippen LogP) is 1.67. The normalized spacial score (nSPS) is 10.7. The van der Waals surface area contributed by atoms with Crippen LogP contribution in [0.2, 0.25) is 0 Å². The van der Waals surface area contributed by atoms with E-state index in [0.29, 0.717) is 12.1 Å². The molecule has 0 fully saturated rings. The van der Waals surface area contributed by atoms with Gasteiger partial charge in [-0.1, -0.05) is 11.8 Å². The second kappa shape index (κ2) is 4.80. The third-order valence-electron chi connectivity index (χ3n) is 1.55. The number of hydrogen-bond acceptors (Lipinski definition) is 2. The fourth-order valence-electron chi connectivity index (χ4n) is 0.898. The number of hydrogen-bond donors (Lipinski definition) is 1. The average Bonchev–Trinajstić information content (AvgIpc) is 2.17. The van der Waals surface area contributed by atoms with E-state index >= 15 is 0 Å². The van der Waals surface area contributed by atoms with E-state index in [1.54, 1.807) is 7.05 Å². The molecule has 0 spiro atoms. The SMILES string of the molecule is CNCC#Cc1ccnc(C(F)(F)F)c1. The molecule has 0 saturated carbocycles. The molecule has 1 heterocycles. The number of aromatic nitrogens is 1. The predicted molar refractivity (Wildman–Crippen MR) is 50.0 cm³/mol. The molecular formula is C10H9F3N2. The molecule has 0 bridgehead atoms. The van der Waals surface area contributed by atoms with Gasteiger partial charge >= 0.3 is 6.18 Å². The lowest BCUT2D eigenvalue weighted by Gasteiger charge is -2.04. The fourth-order valence-corrected chi connectivity index (χ4v) is 0.898. The van der Waals surface area contributed by atoms with E-state index in [9.17, 15) is 13.2 Å². The van der Waals surface area contributed by atoms with Crippen molar-refractivity contribution in [1.82, 2.24) is 10.3 Å². The molecule has 0 atom stereocenters. The lowest BCUT2D eigenvalue weighted by atomic mass is 10.2. The lowest BCUT2D eigenvalue weighted by molar-refractivity contribution is -0.141. The second-order valence-electron chi connectivity index (χ2n) is 2.76. The molecule has 1 aromatic rings. The number of rotatable bonds is 1. The van der Waals surface area contributed by atoms with Crippen LogP contribution in [0.3, 0.4) is 0 Å². The van der Waals surface area contributed by atoms with Crippen molar-refractivity contribution in [3.05, 3.63) is 29.6 Å². The topological polar surface area (TPSA) is 24.9 Å². The Hall–Kier alpha value is -1.54. The first-order valence-corrected chi connectivity index (χ1v) is 4.21. The molecule has 1 aromatic heterocycles. The molecule has 80 valence electrons. The minimum Gasteiger partial charge on any atom is -0.309 e. The Balaban J connectivity index is 2.90. The van der Waals surface area contributed by atoms with Crippen molar-refractivity contribution in [3.63, 3.8) is 0 Å². The zero-order chi connectivity index (χ0) is 11.3. The Labute approximate surface area is 85.5 Å². The van der Waals surface area contributed by atoms with Crippen molar-refractivity contribution in [2.45, 2.75) is 6.18 Å². The van der Waals surface area contributed by atoms with Crippen molar-refractivity contribution in [2.24, 2.45) is 0 Å². The van der Waals surface area contributed by atoms with Gasteiger partial charge in [-0.15, -0.1) is 0 Å². The van der Waals surface area contributed by atoms with E-state index in [0.717, 1.165) is 12.3 Å². The van der Waals surface area contributed by atoms with Gasteiger partial charge in [0, 0.05) is 11.8 Å². The van der Waals surface area contributed by atoms with Gasteiger partial charge in [0.2, 0.25) is 0 Å². The summed E-state index contributed by atoms with van der Waals surface area (Å²) in [6, 6.07) is 2.38. The van der Waals surface area contributed by atoms with Gasteiger partial charge in [0.25, 0.3) is 0 Å². The maximum absolute atomic E-state index is 12.2. The number of alkyl halides is 3. The van der Waals surface area contributed by atoms with Crippen LogP contribution in [0.1, 0.15) is 11.3 Å². The molecule has 0 radical (unpaired) electrons. The van der Waals surface area contributed by atoms with Crippen LogP contribution in [0.25, 0.3) is 0 Å². The van der Waals surface area contributed by atoms with Crippen LogP contribution >= 0.6 is 0 Å². The van der Waals surface area contributed by atoms with Crippen LogP contribution in [0.15, 0.2) is 18.3 Å². The molecule has 0 saturated heterocycles. The Bertz CT molecular complexity index is 388. The Kier molecular flexibility index (Phi) is 3.69. The molecule has 5 heteroatoms. The zero-order valence-corrected chi connectivity index (χ0v) is 8.02. The largest absolute Gasteiger partial charge is 0.433 e. The van der Waals surface area contributed by atoms with Crippen LogP contribution in [-0.4, -0.2) is 18.6 Å². The lowest BCUT2D eigenvalue weighted by Crippen LogP contribution is -2.07. The van der Waals surface area contributed by atoms with Crippen molar-refractivity contribution < 1.29 is 13.2 Å². The highest BCUT2D eigenvalue weighted by Gasteiger charge is 2.32. The van der Waals surface area contributed by atoms with Crippen LogP contribution in [0.4, 0.5) is 13.2 Å². The number of nitrogens with one attached hydrogen (secondary N) is 1. The molecule has 0 amide bonds. The highest BCUT2D eigenvalue weighted by molar-refractivity contribution is 5.35. The highest BCUT2D eigenvalue weighted by atomic mass is 19.4. The van der Waals surface area contributed by atoms with Gasteiger partial charge in [-0.25, -0.2) is 0 Å². The molecule has 15 heavy (non-hydrogen) atoms.